The Morgan fingerprint density at radius 3 is 1.95 bits per heavy atom. The van der Waals surface area contributed by atoms with Gasteiger partial charge in [0.2, 0.25) is 21.8 Å². The summed E-state index contributed by atoms with van der Waals surface area (Å²) < 4.78 is 32.3. The van der Waals surface area contributed by atoms with E-state index in [2.05, 4.69) is 5.32 Å². The average Bonchev–Trinajstić information content (AvgIpc) is 2.89. The van der Waals surface area contributed by atoms with Crippen LogP contribution in [0, 0.1) is 5.92 Å². The van der Waals surface area contributed by atoms with Crippen molar-refractivity contribution in [3.05, 3.63) is 90.5 Å². The van der Waals surface area contributed by atoms with Gasteiger partial charge in [0.1, 0.15) is 24.1 Å². The number of ether oxygens (including phenoxy) is 1. The first kappa shape index (κ1) is 28.7. The fraction of sp³-hybridized carbons (Fsp3) is 0.310. The Bertz CT molecular complexity index is 1300. The van der Waals surface area contributed by atoms with Gasteiger partial charge in [-0.2, -0.15) is 0 Å². The molecule has 0 aliphatic heterocycles. The normalized spacial score (nSPS) is 12.0. The first-order valence-corrected chi connectivity index (χ1v) is 14.3. The molecule has 38 heavy (non-hydrogen) atoms. The van der Waals surface area contributed by atoms with Crippen LogP contribution < -0.4 is 14.4 Å². The maximum atomic E-state index is 13.6. The van der Waals surface area contributed by atoms with E-state index in [0.717, 1.165) is 16.1 Å². The van der Waals surface area contributed by atoms with Crippen LogP contribution >= 0.6 is 0 Å². The number of sulfonamides is 1. The van der Waals surface area contributed by atoms with Crippen LogP contribution in [0.5, 0.6) is 11.5 Å². The monoisotopic (exact) mass is 537 g/mol. The largest absolute Gasteiger partial charge is 0.457 e. The molecule has 3 aromatic carbocycles. The summed E-state index contributed by atoms with van der Waals surface area (Å²) in [5.74, 6) is 0.643. The standard InChI is InChI=1S/C29H35N3O5S/c1-22(2)19-30-29(34)23(3)31(20-24-11-7-5-8-12-24)28(33)21-32(38(4,35)36)25-15-17-27(18-16-25)37-26-13-9-6-10-14-26/h5-18,22-23H,19-21H2,1-4H3,(H,30,34)/t23-/m1/s1. The highest BCUT2D eigenvalue weighted by Crippen LogP contribution is 2.26. The fourth-order valence-corrected chi connectivity index (χ4v) is 4.58. The van der Waals surface area contributed by atoms with E-state index in [-0.39, 0.29) is 18.4 Å². The van der Waals surface area contributed by atoms with E-state index < -0.39 is 28.5 Å². The summed E-state index contributed by atoms with van der Waals surface area (Å²) in [6, 6.07) is 24.2. The lowest BCUT2D eigenvalue weighted by Crippen LogP contribution is -2.51. The highest BCUT2D eigenvalue weighted by atomic mass is 32.2. The molecule has 0 bridgehead atoms. The van der Waals surface area contributed by atoms with Gasteiger partial charge in [-0.1, -0.05) is 62.4 Å². The molecular formula is C29H35N3O5S. The topological polar surface area (TPSA) is 96.0 Å². The number of nitrogens with one attached hydrogen (secondary N) is 1. The van der Waals surface area contributed by atoms with Crippen LogP contribution in [-0.4, -0.2) is 50.5 Å². The maximum Gasteiger partial charge on any atom is 0.244 e. The van der Waals surface area contributed by atoms with E-state index in [4.69, 9.17) is 4.74 Å². The molecule has 1 N–H and O–H groups in total. The minimum absolute atomic E-state index is 0.164. The quantitative estimate of drug-likeness (QED) is 0.369. The third-order valence-corrected chi connectivity index (χ3v) is 6.97. The summed E-state index contributed by atoms with van der Waals surface area (Å²) in [7, 11) is -3.81. The Labute approximate surface area is 225 Å². The Morgan fingerprint density at radius 2 is 1.39 bits per heavy atom. The third-order valence-electron chi connectivity index (χ3n) is 5.83. The maximum absolute atomic E-state index is 13.6. The summed E-state index contributed by atoms with van der Waals surface area (Å²) in [6.07, 6.45) is 1.05. The minimum atomic E-state index is -3.81. The zero-order valence-electron chi connectivity index (χ0n) is 22.2. The molecule has 1 atom stereocenters. The van der Waals surface area contributed by atoms with E-state index in [1.54, 1.807) is 31.2 Å². The van der Waals surface area contributed by atoms with E-state index >= 15 is 0 Å². The van der Waals surface area contributed by atoms with Gasteiger partial charge in [-0.3, -0.25) is 13.9 Å². The number of nitrogens with zero attached hydrogens (tertiary/aromatic N) is 2. The van der Waals surface area contributed by atoms with Crippen LogP contribution in [-0.2, 0) is 26.2 Å². The molecule has 2 amide bonds. The van der Waals surface area contributed by atoms with Gasteiger partial charge in [0.15, 0.2) is 0 Å². The number of hydrogen-bond donors (Lipinski definition) is 1. The summed E-state index contributed by atoms with van der Waals surface area (Å²) >= 11 is 0. The second kappa shape index (κ2) is 13.1. The van der Waals surface area contributed by atoms with Gasteiger partial charge in [-0.05, 0) is 54.8 Å². The number of para-hydroxylation sites is 1. The van der Waals surface area contributed by atoms with Crippen molar-refractivity contribution in [1.29, 1.82) is 0 Å². The van der Waals surface area contributed by atoms with Crippen LogP contribution in [0.1, 0.15) is 26.3 Å². The molecule has 3 rings (SSSR count). The zero-order chi connectivity index (χ0) is 27.7. The van der Waals surface area contributed by atoms with Gasteiger partial charge >= 0.3 is 0 Å². The molecule has 0 aliphatic carbocycles. The van der Waals surface area contributed by atoms with Crippen molar-refractivity contribution in [3.63, 3.8) is 0 Å². The molecule has 0 heterocycles. The van der Waals surface area contributed by atoms with Crippen molar-refractivity contribution in [2.45, 2.75) is 33.4 Å². The highest BCUT2D eigenvalue weighted by molar-refractivity contribution is 7.92. The van der Waals surface area contributed by atoms with E-state index in [1.165, 1.54) is 4.90 Å². The highest BCUT2D eigenvalue weighted by Gasteiger charge is 2.30. The minimum Gasteiger partial charge on any atom is -0.457 e. The third kappa shape index (κ3) is 8.34. The van der Waals surface area contributed by atoms with Gasteiger partial charge in [0.05, 0.1) is 11.9 Å². The van der Waals surface area contributed by atoms with Crippen molar-refractivity contribution < 1.29 is 22.7 Å². The molecule has 9 heteroatoms. The lowest BCUT2D eigenvalue weighted by Gasteiger charge is -2.31. The molecule has 0 radical (unpaired) electrons. The van der Waals surface area contributed by atoms with Crippen molar-refractivity contribution in [1.82, 2.24) is 10.2 Å². The number of hydrogen-bond acceptors (Lipinski definition) is 5. The second-order valence-corrected chi connectivity index (χ2v) is 11.4. The summed E-state index contributed by atoms with van der Waals surface area (Å²) in [5, 5.41) is 2.87. The molecule has 0 saturated carbocycles. The van der Waals surface area contributed by atoms with Crippen LogP contribution in [0.3, 0.4) is 0 Å². The average molecular weight is 538 g/mol. The van der Waals surface area contributed by atoms with E-state index in [1.807, 2.05) is 74.5 Å². The van der Waals surface area contributed by atoms with Crippen LogP contribution in [0.25, 0.3) is 0 Å². The molecule has 8 nitrogen and oxygen atoms in total. The SMILES string of the molecule is CC(C)CNC(=O)[C@@H](C)N(Cc1ccccc1)C(=O)CN(c1ccc(Oc2ccccc2)cc1)S(C)(=O)=O. The Morgan fingerprint density at radius 1 is 0.842 bits per heavy atom. The molecule has 0 aromatic heterocycles. The van der Waals surface area contributed by atoms with Crippen LogP contribution in [0.4, 0.5) is 5.69 Å². The molecule has 3 aromatic rings. The Hall–Kier alpha value is -3.85. The Balaban J connectivity index is 1.83. The number of amides is 2. The first-order chi connectivity index (χ1) is 18.0. The molecule has 0 fully saturated rings. The smallest absolute Gasteiger partial charge is 0.244 e. The number of carbonyl (C=O) groups is 2. The molecule has 0 saturated heterocycles. The van der Waals surface area contributed by atoms with Crippen LogP contribution in [0.2, 0.25) is 0 Å². The number of carbonyl (C=O) groups excluding carboxylic acids is 2. The summed E-state index contributed by atoms with van der Waals surface area (Å²) in [6.45, 7) is 5.81. The van der Waals surface area contributed by atoms with Gasteiger partial charge < -0.3 is 15.0 Å². The predicted molar refractivity (Wildman–Crippen MR) is 149 cm³/mol. The lowest BCUT2D eigenvalue weighted by molar-refractivity contribution is -0.139. The molecule has 0 aliphatic rings. The Kier molecular flexibility index (Phi) is 9.90. The van der Waals surface area contributed by atoms with Crippen LogP contribution in [0.15, 0.2) is 84.9 Å². The summed E-state index contributed by atoms with van der Waals surface area (Å²) in [5.41, 5.74) is 1.15. The van der Waals surface area contributed by atoms with Gasteiger partial charge in [0.25, 0.3) is 0 Å². The second-order valence-electron chi connectivity index (χ2n) is 9.50. The number of anilines is 1. The first-order valence-electron chi connectivity index (χ1n) is 12.5. The van der Waals surface area contributed by atoms with Crippen molar-refractivity contribution in [3.8, 4) is 11.5 Å². The van der Waals surface area contributed by atoms with Crippen molar-refractivity contribution in [2.24, 2.45) is 5.92 Å². The summed E-state index contributed by atoms with van der Waals surface area (Å²) in [4.78, 5) is 27.9. The lowest BCUT2D eigenvalue weighted by atomic mass is 10.1. The zero-order valence-corrected chi connectivity index (χ0v) is 23.0. The number of rotatable bonds is 12. The fourth-order valence-electron chi connectivity index (χ4n) is 3.73. The van der Waals surface area contributed by atoms with Gasteiger partial charge in [-0.25, -0.2) is 8.42 Å². The molecule has 202 valence electrons. The van der Waals surface area contributed by atoms with Crippen molar-refractivity contribution in [2.75, 3.05) is 23.7 Å². The van der Waals surface area contributed by atoms with E-state index in [9.17, 15) is 18.0 Å². The van der Waals surface area contributed by atoms with E-state index in [0.29, 0.717) is 23.7 Å². The molecule has 0 spiro atoms. The predicted octanol–water partition coefficient (Wildman–Crippen LogP) is 4.43. The van der Waals surface area contributed by atoms with Crippen molar-refractivity contribution >= 4 is 27.5 Å². The van der Waals surface area contributed by atoms with Gasteiger partial charge in [0, 0.05) is 13.1 Å². The molecular weight excluding hydrogens is 502 g/mol. The molecule has 0 unspecified atom stereocenters. The number of benzene rings is 3. The van der Waals surface area contributed by atoms with Gasteiger partial charge in [-0.15, -0.1) is 0 Å².